The summed E-state index contributed by atoms with van der Waals surface area (Å²) in [4.78, 5) is 26.0. The Bertz CT molecular complexity index is 626. The topological polar surface area (TPSA) is 58.2 Å². The third kappa shape index (κ3) is 4.38. The van der Waals surface area contributed by atoms with Crippen molar-refractivity contribution < 1.29 is 9.59 Å². The van der Waals surface area contributed by atoms with E-state index in [-0.39, 0.29) is 10.8 Å². The van der Waals surface area contributed by atoms with Crippen LogP contribution >= 0.6 is 0 Å². The number of rotatable bonds is 10. The van der Waals surface area contributed by atoms with Crippen molar-refractivity contribution in [2.75, 3.05) is 13.1 Å². The van der Waals surface area contributed by atoms with Gasteiger partial charge in [0.25, 0.3) is 0 Å². The molecule has 0 atom stereocenters. The van der Waals surface area contributed by atoms with Crippen molar-refractivity contribution >= 4 is 11.8 Å². The number of hydrogen-bond acceptors (Lipinski definition) is 2. The fraction of sp³-hybridized carbons (Fsp3) is 0.931. The SMILES string of the molecule is O=C(NCCCCCCCNC(=O)C12CC3CC(CC(C3)C1)C2)C12CC3CC(CC(C3)C1)C2. The van der Waals surface area contributed by atoms with Gasteiger partial charge in [-0.05, 0) is 125 Å². The standard InChI is InChI=1S/C29H46N2O2/c32-26(28-14-20-8-21(15-28)10-22(9-20)16-28)30-6-4-2-1-3-5-7-31-27(33)29-17-23-11-24(18-29)13-25(12-23)19-29/h20-25H,1-19H2,(H,30,32)(H,31,33). The van der Waals surface area contributed by atoms with Crippen LogP contribution in [0.5, 0.6) is 0 Å². The first-order valence-electron chi connectivity index (χ1n) is 14.6. The van der Waals surface area contributed by atoms with E-state index in [1.54, 1.807) is 0 Å². The van der Waals surface area contributed by atoms with Crippen molar-refractivity contribution in [3.05, 3.63) is 0 Å². The molecule has 0 heterocycles. The Morgan fingerprint density at radius 2 is 0.758 bits per heavy atom. The van der Waals surface area contributed by atoms with E-state index in [0.717, 1.165) is 61.4 Å². The van der Waals surface area contributed by atoms with Gasteiger partial charge in [-0.3, -0.25) is 9.59 Å². The zero-order valence-electron chi connectivity index (χ0n) is 20.7. The van der Waals surface area contributed by atoms with Crippen LogP contribution in [0.2, 0.25) is 0 Å². The molecule has 33 heavy (non-hydrogen) atoms. The zero-order valence-corrected chi connectivity index (χ0v) is 20.7. The molecule has 0 radical (unpaired) electrons. The summed E-state index contributed by atoms with van der Waals surface area (Å²) in [6, 6.07) is 0. The van der Waals surface area contributed by atoms with Crippen LogP contribution in [0.1, 0.15) is 109 Å². The van der Waals surface area contributed by atoms with Crippen LogP contribution in [0.15, 0.2) is 0 Å². The first kappa shape index (κ1) is 22.4. The molecule has 0 aliphatic heterocycles. The maximum Gasteiger partial charge on any atom is 0.226 e. The summed E-state index contributed by atoms with van der Waals surface area (Å²) in [6.45, 7) is 1.70. The minimum absolute atomic E-state index is 0.00362. The van der Waals surface area contributed by atoms with Crippen LogP contribution in [-0.4, -0.2) is 24.9 Å². The Morgan fingerprint density at radius 1 is 0.485 bits per heavy atom. The molecule has 4 heteroatoms. The maximum atomic E-state index is 13.0. The second-order valence-electron chi connectivity index (χ2n) is 13.7. The summed E-state index contributed by atoms with van der Waals surface area (Å²) in [6.07, 6.45) is 21.2. The fourth-order valence-corrected chi connectivity index (χ4v) is 10.3. The second-order valence-corrected chi connectivity index (χ2v) is 13.7. The maximum absolute atomic E-state index is 13.0. The molecule has 8 bridgehead atoms. The number of unbranched alkanes of at least 4 members (excludes halogenated alkanes) is 4. The summed E-state index contributed by atoms with van der Waals surface area (Å²) in [5.74, 6) is 5.80. The van der Waals surface area contributed by atoms with Crippen LogP contribution in [-0.2, 0) is 9.59 Å². The van der Waals surface area contributed by atoms with Crippen LogP contribution in [0.3, 0.4) is 0 Å². The lowest BCUT2D eigenvalue weighted by Crippen LogP contribution is -2.53. The van der Waals surface area contributed by atoms with Crippen LogP contribution in [0, 0.1) is 46.3 Å². The zero-order chi connectivity index (χ0) is 22.5. The summed E-state index contributed by atoms with van der Waals surface area (Å²) >= 11 is 0. The van der Waals surface area contributed by atoms with E-state index in [1.807, 2.05) is 0 Å². The number of hydrogen-bond donors (Lipinski definition) is 2. The highest BCUT2D eigenvalue weighted by Crippen LogP contribution is 2.61. The molecular formula is C29H46N2O2. The Balaban J connectivity index is 0.834. The Labute approximate surface area is 200 Å². The van der Waals surface area contributed by atoms with Crippen molar-refractivity contribution in [1.29, 1.82) is 0 Å². The van der Waals surface area contributed by atoms with Crippen molar-refractivity contribution in [2.45, 2.75) is 109 Å². The molecule has 0 saturated heterocycles. The molecule has 8 aliphatic carbocycles. The highest BCUT2D eigenvalue weighted by atomic mass is 16.2. The molecule has 0 aromatic carbocycles. The molecule has 0 unspecified atom stereocenters. The normalized spacial score (nSPS) is 44.2. The van der Waals surface area contributed by atoms with Gasteiger partial charge in [0, 0.05) is 23.9 Å². The van der Waals surface area contributed by atoms with Crippen LogP contribution in [0.25, 0.3) is 0 Å². The molecule has 2 N–H and O–H groups in total. The summed E-state index contributed by atoms with van der Waals surface area (Å²) in [5.41, 5.74) is 0.00725. The fourth-order valence-electron chi connectivity index (χ4n) is 10.3. The Hall–Kier alpha value is -1.06. The minimum atomic E-state index is 0.00362. The summed E-state index contributed by atoms with van der Waals surface area (Å²) in [7, 11) is 0. The number of amides is 2. The van der Waals surface area contributed by atoms with Gasteiger partial charge in [-0.1, -0.05) is 19.3 Å². The van der Waals surface area contributed by atoms with E-state index in [2.05, 4.69) is 10.6 Å². The third-order valence-corrected chi connectivity index (χ3v) is 11.0. The highest BCUT2D eigenvalue weighted by molar-refractivity contribution is 5.83. The summed E-state index contributed by atoms with van der Waals surface area (Å²) in [5, 5.41) is 6.65. The van der Waals surface area contributed by atoms with Gasteiger partial charge in [0.15, 0.2) is 0 Å². The highest BCUT2D eigenvalue weighted by Gasteiger charge is 2.55. The van der Waals surface area contributed by atoms with E-state index in [4.69, 9.17) is 0 Å². The second kappa shape index (κ2) is 8.86. The van der Waals surface area contributed by atoms with E-state index in [1.165, 1.54) is 96.3 Å². The molecular weight excluding hydrogens is 408 g/mol. The molecule has 0 spiro atoms. The molecule has 8 saturated carbocycles. The van der Waals surface area contributed by atoms with Crippen LogP contribution in [0.4, 0.5) is 0 Å². The largest absolute Gasteiger partial charge is 0.356 e. The molecule has 2 amide bonds. The lowest BCUT2D eigenvalue weighted by Gasteiger charge is -2.55. The van der Waals surface area contributed by atoms with Gasteiger partial charge in [0.1, 0.15) is 0 Å². The number of carbonyl (C=O) groups excluding carboxylic acids is 2. The van der Waals surface area contributed by atoms with Gasteiger partial charge in [0.05, 0.1) is 0 Å². The minimum Gasteiger partial charge on any atom is -0.356 e. The van der Waals surface area contributed by atoms with Crippen molar-refractivity contribution in [1.82, 2.24) is 10.6 Å². The summed E-state index contributed by atoms with van der Waals surface area (Å²) < 4.78 is 0. The van der Waals surface area contributed by atoms with Gasteiger partial charge in [-0.25, -0.2) is 0 Å². The first-order valence-corrected chi connectivity index (χ1v) is 14.6. The first-order chi connectivity index (χ1) is 16.0. The van der Waals surface area contributed by atoms with Crippen molar-refractivity contribution in [3.63, 3.8) is 0 Å². The number of carbonyl (C=O) groups is 2. The van der Waals surface area contributed by atoms with E-state index >= 15 is 0 Å². The molecule has 4 nitrogen and oxygen atoms in total. The van der Waals surface area contributed by atoms with Gasteiger partial charge >= 0.3 is 0 Å². The quantitative estimate of drug-likeness (QED) is 0.422. The Kier molecular flexibility index (Phi) is 6.02. The molecule has 8 rings (SSSR count). The van der Waals surface area contributed by atoms with E-state index < -0.39 is 0 Å². The van der Waals surface area contributed by atoms with Crippen molar-refractivity contribution in [3.8, 4) is 0 Å². The molecule has 184 valence electrons. The average molecular weight is 455 g/mol. The van der Waals surface area contributed by atoms with Crippen LogP contribution < -0.4 is 10.6 Å². The Morgan fingerprint density at radius 3 is 1.06 bits per heavy atom. The predicted octanol–water partition coefficient (Wildman–Crippen LogP) is 5.60. The third-order valence-electron chi connectivity index (χ3n) is 11.0. The van der Waals surface area contributed by atoms with Gasteiger partial charge < -0.3 is 10.6 Å². The lowest BCUT2D eigenvalue weighted by molar-refractivity contribution is -0.146. The molecule has 8 fully saturated rings. The molecule has 0 aromatic heterocycles. The smallest absolute Gasteiger partial charge is 0.226 e. The lowest BCUT2D eigenvalue weighted by atomic mass is 9.49. The average Bonchev–Trinajstić information content (AvgIpc) is 2.76. The van der Waals surface area contributed by atoms with Gasteiger partial charge in [-0.15, -0.1) is 0 Å². The van der Waals surface area contributed by atoms with Gasteiger partial charge in [0.2, 0.25) is 11.8 Å². The number of nitrogens with one attached hydrogen (secondary N) is 2. The van der Waals surface area contributed by atoms with Gasteiger partial charge in [-0.2, -0.15) is 0 Å². The van der Waals surface area contributed by atoms with E-state index in [0.29, 0.717) is 11.8 Å². The monoisotopic (exact) mass is 454 g/mol. The van der Waals surface area contributed by atoms with Crippen molar-refractivity contribution in [2.24, 2.45) is 46.3 Å². The van der Waals surface area contributed by atoms with E-state index in [9.17, 15) is 9.59 Å². The molecule has 0 aromatic rings. The predicted molar refractivity (Wildman–Crippen MR) is 130 cm³/mol. The molecule has 8 aliphatic rings.